The first-order valence-electron chi connectivity index (χ1n) is 5.39. The van der Waals surface area contributed by atoms with Crippen LogP contribution in [0.15, 0.2) is 24.4 Å². The van der Waals surface area contributed by atoms with E-state index in [4.69, 9.17) is 5.73 Å². The Morgan fingerprint density at radius 1 is 1.40 bits per heavy atom. The molecular weight excluding hydrogens is 186 g/mol. The number of hydrogen-bond donors (Lipinski definition) is 1. The number of nitrogens with zero attached hydrogens (tertiary/aromatic N) is 2. The number of nitrogens with two attached hydrogens (primary N) is 1. The van der Waals surface area contributed by atoms with Crippen molar-refractivity contribution in [3.8, 4) is 0 Å². The highest BCUT2D eigenvalue weighted by molar-refractivity contribution is 5.81. The van der Waals surface area contributed by atoms with Gasteiger partial charge >= 0.3 is 0 Å². The topological polar surface area (TPSA) is 43.8 Å². The van der Waals surface area contributed by atoms with Crippen molar-refractivity contribution in [2.75, 3.05) is 6.54 Å². The molecule has 0 radical (unpaired) electrons. The number of benzene rings is 1. The molecule has 1 aromatic heterocycles. The van der Waals surface area contributed by atoms with Gasteiger partial charge in [0.1, 0.15) is 0 Å². The molecule has 0 fully saturated rings. The highest BCUT2D eigenvalue weighted by atomic mass is 15.3. The summed E-state index contributed by atoms with van der Waals surface area (Å²) in [5.41, 5.74) is 7.95. The van der Waals surface area contributed by atoms with Crippen LogP contribution in [0.4, 0.5) is 0 Å². The van der Waals surface area contributed by atoms with E-state index in [2.05, 4.69) is 31.2 Å². The monoisotopic (exact) mass is 203 g/mol. The maximum Gasteiger partial charge on any atom is 0.0926 e. The van der Waals surface area contributed by atoms with Crippen LogP contribution >= 0.6 is 0 Å². The summed E-state index contributed by atoms with van der Waals surface area (Å²) in [6.07, 6.45) is 3.03. The molecule has 0 atom stereocenters. The Morgan fingerprint density at radius 2 is 2.20 bits per heavy atom. The Morgan fingerprint density at radius 3 is 2.87 bits per heavy atom. The molecule has 2 aromatic rings. The molecule has 0 bridgehead atoms. The number of hydrogen-bond acceptors (Lipinski definition) is 2. The van der Waals surface area contributed by atoms with Gasteiger partial charge in [0.15, 0.2) is 0 Å². The zero-order valence-corrected chi connectivity index (χ0v) is 9.27. The van der Waals surface area contributed by atoms with Gasteiger partial charge < -0.3 is 5.73 Å². The van der Waals surface area contributed by atoms with E-state index in [1.165, 1.54) is 10.9 Å². The van der Waals surface area contributed by atoms with Gasteiger partial charge in [0.05, 0.1) is 5.52 Å². The molecule has 0 saturated carbocycles. The maximum absolute atomic E-state index is 5.59. The van der Waals surface area contributed by atoms with E-state index in [0.717, 1.165) is 11.9 Å². The van der Waals surface area contributed by atoms with Crippen LogP contribution < -0.4 is 5.73 Å². The van der Waals surface area contributed by atoms with Gasteiger partial charge in [-0.05, 0) is 38.4 Å². The van der Waals surface area contributed by atoms with Crippen molar-refractivity contribution in [3.05, 3.63) is 30.0 Å². The Labute approximate surface area is 89.9 Å². The molecule has 0 spiro atoms. The quantitative estimate of drug-likeness (QED) is 0.830. The summed E-state index contributed by atoms with van der Waals surface area (Å²) in [7, 11) is 0. The molecule has 0 unspecified atom stereocenters. The van der Waals surface area contributed by atoms with Crippen molar-refractivity contribution < 1.29 is 0 Å². The smallest absolute Gasteiger partial charge is 0.0926 e. The first-order chi connectivity index (χ1) is 7.22. The molecule has 3 heteroatoms. The lowest BCUT2D eigenvalue weighted by Gasteiger charge is -2.02. The van der Waals surface area contributed by atoms with Crippen LogP contribution in [0.3, 0.4) is 0 Å². The number of rotatable bonds is 3. The van der Waals surface area contributed by atoms with Crippen LogP contribution in [0.1, 0.15) is 25.5 Å². The Kier molecular flexibility index (Phi) is 2.73. The van der Waals surface area contributed by atoms with Crippen molar-refractivity contribution in [3.63, 3.8) is 0 Å². The Balaban J connectivity index is 2.54. The molecule has 15 heavy (non-hydrogen) atoms. The maximum atomic E-state index is 5.59. The van der Waals surface area contributed by atoms with Crippen molar-refractivity contribution in [1.82, 2.24) is 9.78 Å². The van der Waals surface area contributed by atoms with Crippen molar-refractivity contribution in [2.24, 2.45) is 5.73 Å². The molecule has 0 aliphatic carbocycles. The third-order valence-electron chi connectivity index (χ3n) is 2.60. The summed E-state index contributed by atoms with van der Waals surface area (Å²) >= 11 is 0. The minimum absolute atomic E-state index is 0.406. The first-order valence-corrected chi connectivity index (χ1v) is 5.39. The van der Waals surface area contributed by atoms with E-state index in [-0.39, 0.29) is 0 Å². The average molecular weight is 203 g/mol. The largest absolute Gasteiger partial charge is 0.330 e. The fourth-order valence-electron chi connectivity index (χ4n) is 1.76. The fourth-order valence-corrected chi connectivity index (χ4v) is 1.76. The SMILES string of the molecule is CC(C)n1cc2c(CCN)cccc2n1. The molecular formula is C12H17N3. The fraction of sp³-hybridized carbons (Fsp3) is 0.417. The summed E-state index contributed by atoms with van der Waals surface area (Å²) in [5.74, 6) is 0. The molecule has 1 aromatic carbocycles. The van der Waals surface area contributed by atoms with Gasteiger partial charge in [-0.15, -0.1) is 0 Å². The van der Waals surface area contributed by atoms with Gasteiger partial charge in [-0.25, -0.2) is 0 Å². The Hall–Kier alpha value is -1.35. The molecule has 2 N–H and O–H groups in total. The number of aromatic nitrogens is 2. The van der Waals surface area contributed by atoms with Gasteiger partial charge in [-0.1, -0.05) is 12.1 Å². The average Bonchev–Trinajstić information content (AvgIpc) is 2.63. The predicted molar refractivity (Wildman–Crippen MR) is 62.9 cm³/mol. The van der Waals surface area contributed by atoms with Gasteiger partial charge in [-0.2, -0.15) is 5.10 Å². The summed E-state index contributed by atoms with van der Waals surface area (Å²) in [6, 6.07) is 6.63. The normalized spacial score (nSPS) is 11.5. The zero-order valence-electron chi connectivity index (χ0n) is 9.27. The second-order valence-corrected chi connectivity index (χ2v) is 4.09. The third-order valence-corrected chi connectivity index (χ3v) is 2.60. The van der Waals surface area contributed by atoms with E-state index in [1.54, 1.807) is 0 Å². The van der Waals surface area contributed by atoms with Crippen LogP contribution in [0.5, 0.6) is 0 Å². The molecule has 1 heterocycles. The summed E-state index contributed by atoms with van der Waals surface area (Å²) < 4.78 is 2.00. The van der Waals surface area contributed by atoms with Gasteiger partial charge in [0.25, 0.3) is 0 Å². The highest BCUT2D eigenvalue weighted by Crippen LogP contribution is 2.19. The minimum atomic E-state index is 0.406. The van der Waals surface area contributed by atoms with E-state index in [1.807, 2.05) is 16.8 Å². The predicted octanol–water partition coefficient (Wildman–Crippen LogP) is 2.12. The lowest BCUT2D eigenvalue weighted by atomic mass is 10.1. The van der Waals surface area contributed by atoms with E-state index in [9.17, 15) is 0 Å². The summed E-state index contributed by atoms with van der Waals surface area (Å²) in [6.45, 7) is 4.95. The van der Waals surface area contributed by atoms with Crippen molar-refractivity contribution >= 4 is 10.9 Å². The molecule has 3 nitrogen and oxygen atoms in total. The summed E-state index contributed by atoms with van der Waals surface area (Å²) in [4.78, 5) is 0. The molecule has 80 valence electrons. The zero-order chi connectivity index (χ0) is 10.8. The van der Waals surface area contributed by atoms with Crippen molar-refractivity contribution in [2.45, 2.75) is 26.3 Å². The van der Waals surface area contributed by atoms with Gasteiger partial charge in [0, 0.05) is 17.6 Å². The van der Waals surface area contributed by atoms with E-state index >= 15 is 0 Å². The lowest BCUT2D eigenvalue weighted by Crippen LogP contribution is -2.02. The second kappa shape index (κ2) is 4.03. The van der Waals surface area contributed by atoms with Crippen LogP contribution in [-0.2, 0) is 6.42 Å². The van der Waals surface area contributed by atoms with Gasteiger partial charge in [0.2, 0.25) is 0 Å². The lowest BCUT2D eigenvalue weighted by molar-refractivity contribution is 0.537. The van der Waals surface area contributed by atoms with Crippen LogP contribution in [0.25, 0.3) is 10.9 Å². The van der Waals surface area contributed by atoms with Crippen LogP contribution in [-0.4, -0.2) is 16.3 Å². The second-order valence-electron chi connectivity index (χ2n) is 4.09. The number of fused-ring (bicyclic) bond motifs is 1. The van der Waals surface area contributed by atoms with E-state index in [0.29, 0.717) is 12.6 Å². The molecule has 0 aliphatic heterocycles. The third kappa shape index (κ3) is 1.88. The highest BCUT2D eigenvalue weighted by Gasteiger charge is 2.06. The molecule has 0 amide bonds. The molecule has 0 aliphatic rings. The van der Waals surface area contributed by atoms with E-state index < -0.39 is 0 Å². The van der Waals surface area contributed by atoms with Gasteiger partial charge in [-0.3, -0.25) is 4.68 Å². The standard InChI is InChI=1S/C12H17N3/c1-9(2)15-8-11-10(6-7-13)4-3-5-12(11)14-15/h3-5,8-9H,6-7,13H2,1-2H3. The first kappa shape index (κ1) is 10.2. The molecule has 0 saturated heterocycles. The molecule has 2 rings (SSSR count). The minimum Gasteiger partial charge on any atom is -0.330 e. The van der Waals surface area contributed by atoms with Crippen LogP contribution in [0, 0.1) is 0 Å². The Bertz CT molecular complexity index is 457. The summed E-state index contributed by atoms with van der Waals surface area (Å²) in [5, 5.41) is 5.76. The van der Waals surface area contributed by atoms with Crippen LogP contribution in [0.2, 0.25) is 0 Å². The van der Waals surface area contributed by atoms with Crippen molar-refractivity contribution in [1.29, 1.82) is 0 Å².